The summed E-state index contributed by atoms with van der Waals surface area (Å²) in [7, 11) is -3.70. The first-order valence-corrected chi connectivity index (χ1v) is 10.3. The lowest BCUT2D eigenvalue weighted by molar-refractivity contribution is -0.192. The summed E-state index contributed by atoms with van der Waals surface area (Å²) >= 11 is 3.37. The Morgan fingerprint density at radius 2 is 1.80 bits per heavy atom. The second kappa shape index (κ2) is 11.1. The van der Waals surface area contributed by atoms with Crippen LogP contribution in [0.4, 0.5) is 30.6 Å². The molecule has 0 bridgehead atoms. The number of halogens is 4. The van der Waals surface area contributed by atoms with Crippen LogP contribution in [0.1, 0.15) is 6.42 Å². The molecule has 1 aromatic heterocycles. The van der Waals surface area contributed by atoms with Gasteiger partial charge in [0.2, 0.25) is 16.0 Å². The van der Waals surface area contributed by atoms with Crippen molar-refractivity contribution in [2.75, 3.05) is 23.7 Å². The first-order chi connectivity index (χ1) is 13.8. The van der Waals surface area contributed by atoms with Gasteiger partial charge in [-0.2, -0.15) is 18.2 Å². The molecule has 0 amide bonds. The molecule has 0 fully saturated rings. The van der Waals surface area contributed by atoms with Gasteiger partial charge in [-0.05, 0) is 53.2 Å². The van der Waals surface area contributed by atoms with Crippen LogP contribution in [0.5, 0.6) is 0 Å². The summed E-state index contributed by atoms with van der Waals surface area (Å²) in [6, 6.07) is 6.01. The van der Waals surface area contributed by atoms with E-state index in [1.165, 1.54) is 12.1 Å². The Labute approximate surface area is 178 Å². The number of sulfonamides is 1. The molecule has 0 atom stereocenters. The molecule has 0 spiro atoms. The highest BCUT2D eigenvalue weighted by Gasteiger charge is 2.38. The number of carbonyl (C=O) groups is 1. The lowest BCUT2D eigenvalue weighted by Crippen LogP contribution is -2.21. The van der Waals surface area contributed by atoms with Crippen molar-refractivity contribution in [3.8, 4) is 0 Å². The molecule has 0 aliphatic rings. The molecule has 166 valence electrons. The van der Waals surface area contributed by atoms with E-state index in [0.29, 0.717) is 30.5 Å². The molecule has 1 heterocycles. The number of benzene rings is 1. The van der Waals surface area contributed by atoms with Gasteiger partial charge in [0, 0.05) is 18.4 Å². The highest BCUT2D eigenvalue weighted by Crippen LogP contribution is 2.22. The Balaban J connectivity index is 0.000000553. The molecular weight excluding hydrogens is 497 g/mol. The highest BCUT2D eigenvalue weighted by atomic mass is 79.9. The minimum Gasteiger partial charge on any atom is -0.475 e. The number of rotatable bonds is 7. The number of primary sulfonamides is 1. The quantitative estimate of drug-likeness (QED) is 0.346. The number of aromatic nitrogens is 2. The number of carboxylic acids is 1. The monoisotopic (exact) mass is 514 g/mol. The number of hydrogen-bond donors (Lipinski definition) is 5. The molecule has 2 aromatic rings. The van der Waals surface area contributed by atoms with Gasteiger partial charge in [0.1, 0.15) is 5.82 Å². The SMILES string of the molecule is NCCCNc1nc(Nc2ccc(S(N)(=O)=O)cc2)ncc1Br.O=C(O)C(F)(F)F. The van der Waals surface area contributed by atoms with Crippen molar-refractivity contribution in [1.29, 1.82) is 0 Å². The Hall–Kier alpha value is -2.49. The fourth-order valence-corrected chi connectivity index (χ4v) is 2.56. The van der Waals surface area contributed by atoms with Gasteiger partial charge in [-0.1, -0.05) is 0 Å². The van der Waals surface area contributed by atoms with Gasteiger partial charge in [-0.15, -0.1) is 0 Å². The van der Waals surface area contributed by atoms with Gasteiger partial charge < -0.3 is 21.5 Å². The third-order valence-electron chi connectivity index (χ3n) is 3.10. The lowest BCUT2D eigenvalue weighted by atomic mass is 10.3. The number of nitrogens with two attached hydrogens (primary N) is 2. The van der Waals surface area contributed by atoms with Crippen LogP contribution >= 0.6 is 15.9 Å². The molecule has 0 unspecified atom stereocenters. The third-order valence-corrected chi connectivity index (χ3v) is 4.61. The van der Waals surface area contributed by atoms with E-state index < -0.39 is 22.2 Å². The summed E-state index contributed by atoms with van der Waals surface area (Å²) in [5.74, 6) is -1.73. The molecule has 7 N–H and O–H groups in total. The van der Waals surface area contributed by atoms with Crippen LogP contribution in [0, 0.1) is 0 Å². The van der Waals surface area contributed by atoms with Gasteiger partial charge in [0.15, 0.2) is 0 Å². The average Bonchev–Trinajstić information content (AvgIpc) is 2.64. The van der Waals surface area contributed by atoms with Crippen molar-refractivity contribution in [3.05, 3.63) is 34.9 Å². The van der Waals surface area contributed by atoms with Crippen molar-refractivity contribution >= 4 is 49.4 Å². The first-order valence-electron chi connectivity index (χ1n) is 8.01. The molecule has 0 saturated heterocycles. The number of hydrogen-bond acceptors (Lipinski definition) is 8. The van der Waals surface area contributed by atoms with E-state index in [1.807, 2.05) is 0 Å². The van der Waals surface area contributed by atoms with E-state index in [9.17, 15) is 21.6 Å². The maximum atomic E-state index is 11.2. The zero-order valence-corrected chi connectivity index (χ0v) is 17.6. The Bertz CT molecular complexity index is 958. The van der Waals surface area contributed by atoms with Crippen molar-refractivity contribution in [2.45, 2.75) is 17.5 Å². The van der Waals surface area contributed by atoms with Crippen LogP contribution in [0.15, 0.2) is 39.8 Å². The minimum atomic E-state index is -5.08. The van der Waals surface area contributed by atoms with E-state index in [2.05, 4.69) is 36.5 Å². The standard InChI is InChI=1S/C13H17BrN6O2S.C2HF3O2/c14-11-8-18-13(20-12(11)17-7-1-6-15)19-9-2-4-10(5-3-9)23(16,21)22;3-2(4,5)1(6)7/h2-5,8H,1,6-7,15H2,(H2,16,21,22)(H2,17,18,19,20);(H,6,7). The topological polar surface area (TPSA) is 173 Å². The summed E-state index contributed by atoms with van der Waals surface area (Å²) in [5, 5.41) is 18.3. The van der Waals surface area contributed by atoms with Crippen LogP contribution in [0.2, 0.25) is 0 Å². The van der Waals surface area contributed by atoms with Crippen LogP contribution < -0.4 is 21.5 Å². The van der Waals surface area contributed by atoms with Crippen LogP contribution in [0.25, 0.3) is 0 Å². The number of anilines is 3. The first kappa shape index (κ1) is 25.5. The molecule has 15 heteroatoms. The van der Waals surface area contributed by atoms with Gasteiger partial charge in [-0.3, -0.25) is 0 Å². The predicted octanol–water partition coefficient (Wildman–Crippen LogP) is 2.02. The van der Waals surface area contributed by atoms with Gasteiger partial charge in [0.25, 0.3) is 0 Å². The van der Waals surface area contributed by atoms with Crippen LogP contribution in [-0.4, -0.2) is 48.7 Å². The van der Waals surface area contributed by atoms with Gasteiger partial charge >= 0.3 is 12.1 Å². The molecule has 0 aliphatic carbocycles. The van der Waals surface area contributed by atoms with Crippen molar-refractivity contribution < 1.29 is 31.5 Å². The van der Waals surface area contributed by atoms with Gasteiger partial charge in [-0.25, -0.2) is 23.3 Å². The third kappa shape index (κ3) is 8.89. The second-order valence-electron chi connectivity index (χ2n) is 5.46. The summed E-state index contributed by atoms with van der Waals surface area (Å²) in [6.45, 7) is 1.30. The van der Waals surface area contributed by atoms with Crippen molar-refractivity contribution in [1.82, 2.24) is 9.97 Å². The lowest BCUT2D eigenvalue weighted by Gasteiger charge is -2.10. The van der Waals surface area contributed by atoms with Crippen LogP contribution in [0.3, 0.4) is 0 Å². The zero-order valence-electron chi connectivity index (χ0n) is 15.1. The summed E-state index contributed by atoms with van der Waals surface area (Å²) < 4.78 is 54.9. The van der Waals surface area contributed by atoms with Gasteiger partial charge in [0.05, 0.1) is 9.37 Å². The molecule has 1 aromatic carbocycles. The number of carboxylic acid groups (broad SMARTS) is 1. The maximum Gasteiger partial charge on any atom is 0.490 e. The predicted molar refractivity (Wildman–Crippen MR) is 107 cm³/mol. The smallest absolute Gasteiger partial charge is 0.475 e. The van der Waals surface area contributed by atoms with E-state index in [4.69, 9.17) is 20.8 Å². The van der Waals surface area contributed by atoms with E-state index in [1.54, 1.807) is 18.3 Å². The Kier molecular flexibility index (Phi) is 9.41. The molecule has 0 saturated carbocycles. The molecule has 10 nitrogen and oxygen atoms in total. The largest absolute Gasteiger partial charge is 0.490 e. The number of nitrogens with zero attached hydrogens (tertiary/aromatic N) is 2. The minimum absolute atomic E-state index is 0.0453. The summed E-state index contributed by atoms with van der Waals surface area (Å²) in [5.41, 5.74) is 6.10. The molecule has 0 radical (unpaired) electrons. The molecule has 0 aliphatic heterocycles. The molecular formula is C15H18BrF3N6O4S. The fraction of sp³-hybridized carbons (Fsp3) is 0.267. The summed E-state index contributed by atoms with van der Waals surface area (Å²) in [6.07, 6.45) is -2.63. The van der Waals surface area contributed by atoms with E-state index in [0.717, 1.165) is 10.9 Å². The number of nitrogens with one attached hydrogen (secondary N) is 2. The maximum absolute atomic E-state index is 11.2. The van der Waals surface area contributed by atoms with E-state index in [-0.39, 0.29) is 4.90 Å². The van der Waals surface area contributed by atoms with E-state index >= 15 is 0 Å². The molecule has 2 rings (SSSR count). The summed E-state index contributed by atoms with van der Waals surface area (Å²) in [4.78, 5) is 17.4. The Morgan fingerprint density at radius 1 is 1.23 bits per heavy atom. The van der Waals surface area contributed by atoms with Crippen molar-refractivity contribution in [3.63, 3.8) is 0 Å². The fourth-order valence-electron chi connectivity index (χ4n) is 1.72. The van der Waals surface area contributed by atoms with Crippen LogP contribution in [-0.2, 0) is 14.8 Å². The number of aliphatic carboxylic acids is 1. The molecule has 30 heavy (non-hydrogen) atoms. The number of alkyl halides is 3. The zero-order chi connectivity index (χ0) is 22.9. The Morgan fingerprint density at radius 3 is 2.27 bits per heavy atom. The second-order valence-corrected chi connectivity index (χ2v) is 7.87. The van der Waals surface area contributed by atoms with Crippen molar-refractivity contribution in [2.24, 2.45) is 10.9 Å². The highest BCUT2D eigenvalue weighted by molar-refractivity contribution is 9.10. The normalized spacial score (nSPS) is 11.3. The average molecular weight is 515 g/mol.